The summed E-state index contributed by atoms with van der Waals surface area (Å²) in [6, 6.07) is 20.2. The maximum atomic E-state index is 12.0. The van der Waals surface area contributed by atoms with E-state index in [-0.39, 0.29) is 0 Å². The Kier molecular flexibility index (Phi) is 3.16. The summed E-state index contributed by atoms with van der Waals surface area (Å²) in [6.45, 7) is 0. The minimum Gasteiger partial charge on any atom is -0.276 e. The average Bonchev–Trinajstić information content (AvgIpc) is 3.06. The second kappa shape index (κ2) is 5.40. The highest BCUT2D eigenvalue weighted by molar-refractivity contribution is 6.68. The lowest BCUT2D eigenvalue weighted by molar-refractivity contribution is 0.108. The third-order valence-electron chi connectivity index (χ3n) is 5.08. The van der Waals surface area contributed by atoms with Gasteiger partial charge >= 0.3 is 0 Å². The molecule has 25 heavy (non-hydrogen) atoms. The predicted octanol–water partition coefficient (Wildman–Crippen LogP) is 5.53. The van der Waals surface area contributed by atoms with E-state index >= 15 is 0 Å². The first kappa shape index (κ1) is 14.6. The van der Waals surface area contributed by atoms with Crippen molar-refractivity contribution in [2.45, 2.75) is 12.8 Å². The van der Waals surface area contributed by atoms with Gasteiger partial charge in [-0.05, 0) is 58.5 Å². The molecule has 1 aromatic heterocycles. The first-order valence-electron chi connectivity index (χ1n) is 8.36. The standard InChI is InChI=1S/C22H14ClNO/c23-22(25)18-12-20(24-19-7-2-1-5-15(18)19)16-11-10-14-9-8-13-4-3-6-17(16)21(13)14/h1-7,10-12H,8-9H2. The number of hydrogen-bond acceptors (Lipinski definition) is 2. The molecule has 0 unspecified atom stereocenters. The van der Waals surface area contributed by atoms with Gasteiger partial charge in [-0.15, -0.1) is 0 Å². The molecule has 0 saturated heterocycles. The number of benzene rings is 3. The van der Waals surface area contributed by atoms with Crippen LogP contribution in [0.2, 0.25) is 0 Å². The zero-order valence-electron chi connectivity index (χ0n) is 13.4. The Morgan fingerprint density at radius 3 is 2.48 bits per heavy atom. The normalized spacial score (nSPS) is 12.8. The molecular formula is C22H14ClNO. The van der Waals surface area contributed by atoms with E-state index in [0.717, 1.165) is 35.0 Å². The van der Waals surface area contributed by atoms with Gasteiger partial charge in [-0.25, -0.2) is 4.98 Å². The minimum absolute atomic E-state index is 0.453. The van der Waals surface area contributed by atoms with Gasteiger partial charge in [0.15, 0.2) is 0 Å². The summed E-state index contributed by atoms with van der Waals surface area (Å²) < 4.78 is 0. The molecule has 1 aliphatic rings. The van der Waals surface area contributed by atoms with E-state index in [1.54, 1.807) is 0 Å². The molecule has 3 aromatic carbocycles. The van der Waals surface area contributed by atoms with Gasteiger partial charge in [0, 0.05) is 16.5 Å². The van der Waals surface area contributed by atoms with Crippen molar-refractivity contribution in [2.24, 2.45) is 0 Å². The second-order valence-corrected chi connectivity index (χ2v) is 6.80. The number of para-hydroxylation sites is 1. The molecule has 0 radical (unpaired) electrons. The van der Waals surface area contributed by atoms with Crippen LogP contribution in [0.3, 0.4) is 0 Å². The Morgan fingerprint density at radius 1 is 0.880 bits per heavy atom. The summed E-state index contributed by atoms with van der Waals surface area (Å²) in [5.74, 6) is 0. The van der Waals surface area contributed by atoms with Gasteiger partial charge in [-0.1, -0.05) is 48.5 Å². The number of pyridine rings is 1. The summed E-state index contributed by atoms with van der Waals surface area (Å²) in [4.78, 5) is 16.8. The molecule has 0 N–H and O–H groups in total. The van der Waals surface area contributed by atoms with Crippen LogP contribution in [0.15, 0.2) is 60.7 Å². The van der Waals surface area contributed by atoms with Gasteiger partial charge in [-0.2, -0.15) is 0 Å². The van der Waals surface area contributed by atoms with Gasteiger partial charge in [-0.3, -0.25) is 4.79 Å². The fourth-order valence-electron chi connectivity index (χ4n) is 3.95. The van der Waals surface area contributed by atoms with E-state index in [0.29, 0.717) is 5.56 Å². The molecule has 0 bridgehead atoms. The third kappa shape index (κ3) is 2.18. The molecule has 4 aromatic rings. The number of fused-ring (bicyclic) bond motifs is 1. The number of aryl methyl sites for hydroxylation is 2. The molecule has 0 aliphatic heterocycles. The second-order valence-electron chi connectivity index (χ2n) is 6.46. The van der Waals surface area contributed by atoms with Crippen LogP contribution in [-0.2, 0) is 12.8 Å². The van der Waals surface area contributed by atoms with E-state index in [9.17, 15) is 4.79 Å². The van der Waals surface area contributed by atoms with Crippen LogP contribution >= 0.6 is 11.6 Å². The lowest BCUT2D eigenvalue weighted by Crippen LogP contribution is -1.96. The number of carbonyl (C=O) groups is 1. The van der Waals surface area contributed by atoms with Gasteiger partial charge in [0.05, 0.1) is 11.2 Å². The molecule has 0 atom stereocenters. The Morgan fingerprint density at radius 2 is 1.64 bits per heavy atom. The Labute approximate surface area is 150 Å². The summed E-state index contributed by atoms with van der Waals surface area (Å²) >= 11 is 5.85. The maximum absolute atomic E-state index is 12.0. The Hall–Kier alpha value is -2.71. The lowest BCUT2D eigenvalue weighted by Gasteiger charge is -2.11. The van der Waals surface area contributed by atoms with Crippen LogP contribution in [-0.4, -0.2) is 10.2 Å². The summed E-state index contributed by atoms with van der Waals surface area (Å²) in [5.41, 5.74) is 5.91. The van der Waals surface area contributed by atoms with Crippen LogP contribution < -0.4 is 0 Å². The van der Waals surface area contributed by atoms with Crippen molar-refractivity contribution in [2.75, 3.05) is 0 Å². The van der Waals surface area contributed by atoms with E-state index in [2.05, 4.69) is 30.3 Å². The van der Waals surface area contributed by atoms with E-state index in [4.69, 9.17) is 16.6 Å². The van der Waals surface area contributed by atoms with Crippen molar-refractivity contribution < 1.29 is 4.79 Å². The van der Waals surface area contributed by atoms with Crippen LogP contribution in [0, 0.1) is 0 Å². The highest BCUT2D eigenvalue weighted by Gasteiger charge is 2.18. The first-order chi connectivity index (χ1) is 12.2. The molecule has 5 rings (SSSR count). The van der Waals surface area contributed by atoms with Gasteiger partial charge in [0.1, 0.15) is 0 Å². The topological polar surface area (TPSA) is 30.0 Å². The van der Waals surface area contributed by atoms with Gasteiger partial charge in [0.25, 0.3) is 5.24 Å². The highest BCUT2D eigenvalue weighted by atomic mass is 35.5. The minimum atomic E-state index is -0.453. The van der Waals surface area contributed by atoms with Crippen molar-refractivity contribution in [1.82, 2.24) is 4.98 Å². The van der Waals surface area contributed by atoms with Crippen molar-refractivity contribution >= 4 is 38.5 Å². The van der Waals surface area contributed by atoms with Crippen LogP contribution in [0.5, 0.6) is 0 Å². The molecule has 120 valence electrons. The Bertz CT molecular complexity index is 1170. The van der Waals surface area contributed by atoms with Crippen LogP contribution in [0.1, 0.15) is 21.5 Å². The van der Waals surface area contributed by atoms with Crippen molar-refractivity contribution in [3.8, 4) is 11.3 Å². The zero-order chi connectivity index (χ0) is 17.0. The number of nitrogens with zero attached hydrogens (tertiary/aromatic N) is 1. The summed E-state index contributed by atoms with van der Waals surface area (Å²) in [7, 11) is 0. The molecule has 0 spiro atoms. The lowest BCUT2D eigenvalue weighted by atomic mass is 9.96. The average molecular weight is 344 g/mol. The largest absolute Gasteiger partial charge is 0.276 e. The van der Waals surface area contributed by atoms with Crippen molar-refractivity contribution in [3.63, 3.8) is 0 Å². The van der Waals surface area contributed by atoms with Gasteiger partial charge < -0.3 is 0 Å². The SMILES string of the molecule is O=C(Cl)c1cc(-c2ccc3c4c(cccc24)CC3)nc2ccccc12. The number of rotatable bonds is 2. The smallest absolute Gasteiger partial charge is 0.253 e. The molecule has 0 fully saturated rings. The third-order valence-corrected chi connectivity index (χ3v) is 5.28. The fraction of sp³-hybridized carbons (Fsp3) is 0.0909. The van der Waals surface area contributed by atoms with E-state index in [1.165, 1.54) is 21.9 Å². The molecular weight excluding hydrogens is 330 g/mol. The molecule has 3 heteroatoms. The molecule has 0 saturated carbocycles. The van der Waals surface area contributed by atoms with Gasteiger partial charge in [0.2, 0.25) is 0 Å². The number of carbonyl (C=O) groups excluding carboxylic acids is 1. The monoisotopic (exact) mass is 343 g/mol. The number of hydrogen-bond donors (Lipinski definition) is 0. The summed E-state index contributed by atoms with van der Waals surface area (Å²) in [6.07, 6.45) is 2.18. The molecule has 1 aliphatic carbocycles. The number of halogens is 1. The first-order valence-corrected chi connectivity index (χ1v) is 8.73. The molecule has 0 amide bonds. The summed E-state index contributed by atoms with van der Waals surface area (Å²) in [5, 5.41) is 2.87. The van der Waals surface area contributed by atoms with Crippen molar-refractivity contribution in [3.05, 3.63) is 77.4 Å². The zero-order valence-corrected chi connectivity index (χ0v) is 14.2. The predicted molar refractivity (Wildman–Crippen MR) is 102 cm³/mol. The number of aromatic nitrogens is 1. The molecule has 2 nitrogen and oxygen atoms in total. The fourth-order valence-corrected chi connectivity index (χ4v) is 4.10. The molecule has 1 heterocycles. The highest BCUT2D eigenvalue weighted by Crippen LogP contribution is 2.37. The van der Waals surface area contributed by atoms with Crippen molar-refractivity contribution in [1.29, 1.82) is 0 Å². The van der Waals surface area contributed by atoms with E-state index < -0.39 is 5.24 Å². The Balaban J connectivity index is 1.86. The quantitative estimate of drug-likeness (QED) is 0.448. The van der Waals surface area contributed by atoms with E-state index in [1.807, 2.05) is 30.3 Å². The van der Waals surface area contributed by atoms with Crippen LogP contribution in [0.4, 0.5) is 0 Å². The van der Waals surface area contributed by atoms with Crippen LogP contribution in [0.25, 0.3) is 32.9 Å². The maximum Gasteiger partial charge on any atom is 0.253 e.